The third-order valence-electron chi connectivity index (χ3n) is 5.00. The smallest absolute Gasteiger partial charge is 0.317 e. The maximum atomic E-state index is 13.5. The largest absolute Gasteiger partial charge is 0.418 e. The van der Waals surface area contributed by atoms with Crippen LogP contribution in [0.25, 0.3) is 16.5 Å². The van der Waals surface area contributed by atoms with E-state index in [-0.39, 0.29) is 5.69 Å². The van der Waals surface area contributed by atoms with E-state index >= 15 is 0 Å². The van der Waals surface area contributed by atoms with Crippen molar-refractivity contribution >= 4 is 22.5 Å². The molecule has 2 aromatic heterocycles. The van der Waals surface area contributed by atoms with E-state index in [4.69, 9.17) is 0 Å². The molecule has 0 aliphatic rings. The molecule has 7 heteroatoms. The van der Waals surface area contributed by atoms with Gasteiger partial charge in [-0.15, -0.1) is 0 Å². The quantitative estimate of drug-likeness (QED) is 0.457. The number of hydrogen-bond donors (Lipinski definition) is 1. The van der Waals surface area contributed by atoms with Crippen molar-refractivity contribution in [1.29, 1.82) is 0 Å². The van der Waals surface area contributed by atoms with E-state index in [1.54, 1.807) is 38.2 Å². The van der Waals surface area contributed by atoms with Crippen LogP contribution in [0, 0.1) is 13.8 Å². The monoisotopic (exact) mass is 409 g/mol. The Labute approximate surface area is 171 Å². The summed E-state index contributed by atoms with van der Waals surface area (Å²) in [6.07, 6.45) is -2.84. The summed E-state index contributed by atoms with van der Waals surface area (Å²) in [6, 6.07) is 16.3. The van der Waals surface area contributed by atoms with E-state index in [9.17, 15) is 18.0 Å². The Morgan fingerprint density at radius 1 is 0.967 bits per heavy atom. The molecule has 4 nitrogen and oxygen atoms in total. The molecule has 0 saturated heterocycles. The van der Waals surface area contributed by atoms with Gasteiger partial charge in [0.25, 0.3) is 5.91 Å². The number of aryl methyl sites for hydroxylation is 1. The minimum absolute atomic E-state index is 0.0112. The fourth-order valence-electron chi connectivity index (χ4n) is 3.61. The molecule has 2 aromatic carbocycles. The number of hydrogen-bond acceptors (Lipinski definition) is 2. The van der Waals surface area contributed by atoms with Gasteiger partial charge in [-0.3, -0.25) is 4.79 Å². The van der Waals surface area contributed by atoms with Crippen LogP contribution in [0.3, 0.4) is 0 Å². The number of amides is 1. The summed E-state index contributed by atoms with van der Waals surface area (Å²) in [5.74, 6) is -0.0548. The third kappa shape index (κ3) is 3.54. The second-order valence-electron chi connectivity index (χ2n) is 7.01. The summed E-state index contributed by atoms with van der Waals surface area (Å²) in [4.78, 5) is 17.1. The second kappa shape index (κ2) is 7.33. The zero-order chi connectivity index (χ0) is 21.5. The molecule has 2 heterocycles. The van der Waals surface area contributed by atoms with Gasteiger partial charge in [-0.05, 0) is 43.5 Å². The van der Waals surface area contributed by atoms with Crippen molar-refractivity contribution in [2.75, 3.05) is 5.32 Å². The molecule has 0 spiro atoms. The Morgan fingerprint density at radius 2 is 1.63 bits per heavy atom. The molecule has 0 saturated carbocycles. The van der Waals surface area contributed by atoms with Crippen molar-refractivity contribution in [2.45, 2.75) is 20.0 Å². The Hall–Kier alpha value is -3.61. The van der Waals surface area contributed by atoms with Gasteiger partial charge in [-0.2, -0.15) is 13.2 Å². The lowest BCUT2D eigenvalue weighted by Crippen LogP contribution is -2.15. The fourth-order valence-corrected chi connectivity index (χ4v) is 3.61. The van der Waals surface area contributed by atoms with Gasteiger partial charge >= 0.3 is 6.18 Å². The summed E-state index contributed by atoms with van der Waals surface area (Å²) < 4.78 is 41.9. The lowest BCUT2D eigenvalue weighted by atomic mass is 10.1. The van der Waals surface area contributed by atoms with Crippen LogP contribution in [0.1, 0.15) is 27.3 Å². The number of para-hydroxylation sites is 1. The van der Waals surface area contributed by atoms with E-state index in [2.05, 4.69) is 10.3 Å². The average molecular weight is 409 g/mol. The first-order chi connectivity index (χ1) is 14.3. The van der Waals surface area contributed by atoms with Crippen molar-refractivity contribution in [3.8, 4) is 5.69 Å². The maximum Gasteiger partial charge on any atom is 0.418 e. The number of nitrogens with one attached hydrogen (secondary N) is 1. The number of nitrogens with zero attached hydrogens (tertiary/aromatic N) is 2. The summed E-state index contributed by atoms with van der Waals surface area (Å²) in [6.45, 7) is 3.30. The summed E-state index contributed by atoms with van der Waals surface area (Å²) in [7, 11) is 0. The Balaban J connectivity index is 1.71. The highest BCUT2D eigenvalue weighted by molar-refractivity contribution is 6.05. The molecule has 1 N–H and O–H groups in total. The molecule has 1 amide bonds. The Bertz CT molecular complexity index is 1260. The molecule has 0 fully saturated rings. The van der Waals surface area contributed by atoms with E-state index in [0.29, 0.717) is 22.8 Å². The molecule has 152 valence electrons. The topological polar surface area (TPSA) is 46.9 Å². The van der Waals surface area contributed by atoms with Crippen molar-refractivity contribution in [3.05, 3.63) is 89.4 Å². The van der Waals surface area contributed by atoms with Crippen LogP contribution in [-0.2, 0) is 6.18 Å². The van der Waals surface area contributed by atoms with Gasteiger partial charge < -0.3 is 9.88 Å². The molecule has 0 bridgehead atoms. The van der Waals surface area contributed by atoms with Gasteiger partial charge in [0, 0.05) is 23.0 Å². The molecular formula is C23H18F3N3O. The van der Waals surface area contributed by atoms with E-state index < -0.39 is 17.6 Å². The molecule has 4 rings (SSSR count). The molecular weight excluding hydrogens is 391 g/mol. The minimum atomic E-state index is -4.50. The van der Waals surface area contributed by atoms with Crippen LogP contribution in [0.4, 0.5) is 19.0 Å². The number of carbonyl (C=O) groups is 1. The zero-order valence-electron chi connectivity index (χ0n) is 16.3. The van der Waals surface area contributed by atoms with Gasteiger partial charge in [0.1, 0.15) is 5.82 Å². The molecule has 0 atom stereocenters. The number of aromatic nitrogens is 2. The second-order valence-corrected chi connectivity index (χ2v) is 7.01. The summed E-state index contributed by atoms with van der Waals surface area (Å²) >= 11 is 0. The molecule has 30 heavy (non-hydrogen) atoms. The van der Waals surface area contributed by atoms with Gasteiger partial charge in [-0.25, -0.2) is 4.98 Å². The number of benzene rings is 2. The zero-order valence-corrected chi connectivity index (χ0v) is 16.3. The van der Waals surface area contributed by atoms with Crippen molar-refractivity contribution in [1.82, 2.24) is 9.55 Å². The predicted octanol–water partition coefficient (Wildman–Crippen LogP) is 5.91. The Morgan fingerprint density at radius 3 is 2.37 bits per heavy atom. The van der Waals surface area contributed by atoms with Crippen LogP contribution in [0.5, 0.6) is 0 Å². The number of fused-ring (bicyclic) bond motifs is 1. The number of rotatable bonds is 3. The predicted molar refractivity (Wildman–Crippen MR) is 110 cm³/mol. The number of carbonyl (C=O) groups excluding carboxylic acids is 1. The van der Waals surface area contributed by atoms with E-state index in [1.165, 1.54) is 16.7 Å². The van der Waals surface area contributed by atoms with E-state index in [1.807, 2.05) is 24.3 Å². The number of alkyl halides is 3. The SMILES string of the molecule is Cc1cc(C(=O)Nc2cc3ccccc3cn2)c(C)n1-c1ccccc1C(F)(F)F. The van der Waals surface area contributed by atoms with Gasteiger partial charge in [-0.1, -0.05) is 36.4 Å². The molecule has 0 radical (unpaired) electrons. The van der Waals surface area contributed by atoms with Crippen LogP contribution < -0.4 is 5.32 Å². The van der Waals surface area contributed by atoms with Crippen molar-refractivity contribution in [3.63, 3.8) is 0 Å². The highest BCUT2D eigenvalue weighted by atomic mass is 19.4. The lowest BCUT2D eigenvalue weighted by Gasteiger charge is -2.16. The Kier molecular flexibility index (Phi) is 4.81. The summed E-state index contributed by atoms with van der Waals surface area (Å²) in [5.41, 5.74) is 0.473. The minimum Gasteiger partial charge on any atom is -0.317 e. The highest BCUT2D eigenvalue weighted by Gasteiger charge is 2.34. The molecule has 0 aliphatic heterocycles. The summed E-state index contributed by atoms with van der Waals surface area (Å²) in [5, 5.41) is 4.61. The van der Waals surface area contributed by atoms with Crippen LogP contribution in [0.15, 0.2) is 66.9 Å². The van der Waals surface area contributed by atoms with Gasteiger partial charge in [0.15, 0.2) is 0 Å². The number of halogens is 3. The van der Waals surface area contributed by atoms with E-state index in [0.717, 1.165) is 16.8 Å². The van der Waals surface area contributed by atoms with Crippen LogP contribution in [0.2, 0.25) is 0 Å². The first-order valence-electron chi connectivity index (χ1n) is 9.27. The van der Waals surface area contributed by atoms with Crippen LogP contribution in [-0.4, -0.2) is 15.5 Å². The number of anilines is 1. The van der Waals surface area contributed by atoms with Crippen molar-refractivity contribution in [2.24, 2.45) is 0 Å². The van der Waals surface area contributed by atoms with Gasteiger partial charge in [0.05, 0.1) is 16.8 Å². The molecule has 0 unspecified atom stereocenters. The first kappa shape index (κ1) is 19.7. The first-order valence-corrected chi connectivity index (χ1v) is 9.27. The molecule has 4 aromatic rings. The van der Waals surface area contributed by atoms with Crippen molar-refractivity contribution < 1.29 is 18.0 Å². The van der Waals surface area contributed by atoms with Gasteiger partial charge in [0.2, 0.25) is 0 Å². The molecule has 0 aliphatic carbocycles. The average Bonchev–Trinajstić information content (AvgIpc) is 3.01. The highest BCUT2D eigenvalue weighted by Crippen LogP contribution is 2.35. The fraction of sp³-hybridized carbons (Fsp3) is 0.130. The van der Waals surface area contributed by atoms with Crippen LogP contribution >= 0.6 is 0 Å². The number of pyridine rings is 1. The maximum absolute atomic E-state index is 13.5. The normalized spacial score (nSPS) is 11.6. The standard InChI is InChI=1S/C23H18F3N3O/c1-14-11-18(15(2)29(14)20-10-6-5-9-19(20)23(24,25)26)22(30)28-21-12-16-7-3-4-8-17(16)13-27-21/h3-13H,1-2H3,(H,27,28,30). The lowest BCUT2D eigenvalue weighted by molar-refractivity contribution is -0.137. The third-order valence-corrected chi connectivity index (χ3v) is 5.00.